The molecule has 0 rings (SSSR count). The van der Waals surface area contributed by atoms with Crippen LogP contribution in [0.3, 0.4) is 0 Å². The maximum absolute atomic E-state index is 11.4. The molecule has 0 aromatic heterocycles. The van der Waals surface area contributed by atoms with Gasteiger partial charge in [-0.05, 0) is 6.92 Å². The molecule has 9 heteroatoms. The van der Waals surface area contributed by atoms with Gasteiger partial charge in [-0.2, -0.15) is 13.2 Å². The molecule has 0 aliphatic heterocycles. The van der Waals surface area contributed by atoms with Gasteiger partial charge in [0.25, 0.3) is 0 Å². The SMILES string of the molecule is CCOP(=O)(O)OCC(F)(F)F.[CaH2]. The van der Waals surface area contributed by atoms with Crippen molar-refractivity contribution in [3.63, 3.8) is 0 Å². The van der Waals surface area contributed by atoms with E-state index in [0.717, 1.165) is 0 Å². The average molecular weight is 250 g/mol. The molecule has 0 saturated carbocycles. The molecular weight excluding hydrogens is 240 g/mol. The molecule has 0 aromatic carbocycles. The van der Waals surface area contributed by atoms with Crippen LogP contribution >= 0.6 is 7.82 Å². The number of phosphoric ester groups is 1. The maximum atomic E-state index is 11.4. The fraction of sp³-hybridized carbons (Fsp3) is 1.00. The summed E-state index contributed by atoms with van der Waals surface area (Å²) in [5.74, 6) is 0. The Bertz CT molecular complexity index is 185. The summed E-state index contributed by atoms with van der Waals surface area (Å²) in [7, 11) is -4.51. The quantitative estimate of drug-likeness (QED) is 0.592. The van der Waals surface area contributed by atoms with E-state index in [1.54, 1.807) is 0 Å². The van der Waals surface area contributed by atoms with Crippen LogP contribution in [0, 0.1) is 0 Å². The third-order valence-corrected chi connectivity index (χ3v) is 1.72. The van der Waals surface area contributed by atoms with Crippen LogP contribution < -0.4 is 0 Å². The molecule has 13 heavy (non-hydrogen) atoms. The van der Waals surface area contributed by atoms with Crippen LogP contribution in [0.1, 0.15) is 6.92 Å². The third kappa shape index (κ3) is 11.1. The Hall–Kier alpha value is 1.16. The molecule has 78 valence electrons. The average Bonchev–Trinajstić information content (AvgIpc) is 1.83. The number of halogens is 3. The van der Waals surface area contributed by atoms with Gasteiger partial charge in [0, 0.05) is 0 Å². The number of phosphoric acid groups is 1. The molecule has 0 bridgehead atoms. The van der Waals surface area contributed by atoms with E-state index >= 15 is 0 Å². The zero-order chi connectivity index (χ0) is 9.83. The normalized spacial score (nSPS) is 16.1. The zero-order valence-electron chi connectivity index (χ0n) is 6.17. The number of rotatable bonds is 4. The zero-order valence-corrected chi connectivity index (χ0v) is 7.06. The van der Waals surface area contributed by atoms with E-state index in [-0.39, 0.29) is 44.3 Å². The fourth-order valence-electron chi connectivity index (χ4n) is 0.355. The molecule has 0 aromatic rings. The minimum absolute atomic E-state index is 0. The number of hydrogen-bond acceptors (Lipinski definition) is 3. The van der Waals surface area contributed by atoms with E-state index in [2.05, 4.69) is 9.05 Å². The number of alkyl halides is 3. The Kier molecular flexibility index (Phi) is 8.43. The monoisotopic (exact) mass is 250 g/mol. The van der Waals surface area contributed by atoms with E-state index in [4.69, 9.17) is 4.89 Å². The van der Waals surface area contributed by atoms with Crippen LogP contribution in [0.2, 0.25) is 0 Å². The first-order valence-corrected chi connectivity index (χ1v) is 4.45. The van der Waals surface area contributed by atoms with Gasteiger partial charge in [-0.1, -0.05) is 0 Å². The Labute approximate surface area is 103 Å². The van der Waals surface area contributed by atoms with Crippen molar-refractivity contribution >= 4 is 45.6 Å². The Morgan fingerprint density at radius 1 is 1.38 bits per heavy atom. The van der Waals surface area contributed by atoms with Crippen molar-refractivity contribution < 1.29 is 31.7 Å². The van der Waals surface area contributed by atoms with Crippen molar-refractivity contribution in [2.45, 2.75) is 13.1 Å². The standard InChI is InChI=1S/C4H8F3O4P.Ca.2H/c1-2-10-12(8,9)11-3-4(5,6)7;;;/h2-3H2,1H3,(H,8,9);;;. The van der Waals surface area contributed by atoms with Crippen molar-refractivity contribution in [2.75, 3.05) is 13.2 Å². The summed E-state index contributed by atoms with van der Waals surface area (Å²) in [5, 5.41) is 0. The van der Waals surface area contributed by atoms with Crippen LogP contribution in [-0.2, 0) is 13.6 Å². The summed E-state index contributed by atoms with van der Waals surface area (Å²) >= 11 is 0. The molecule has 0 radical (unpaired) electrons. The van der Waals surface area contributed by atoms with E-state index < -0.39 is 20.6 Å². The summed E-state index contributed by atoms with van der Waals surface area (Å²) < 4.78 is 52.3. The van der Waals surface area contributed by atoms with Gasteiger partial charge in [-0.25, -0.2) is 4.57 Å². The van der Waals surface area contributed by atoms with Crippen molar-refractivity contribution in [2.24, 2.45) is 0 Å². The second-order valence-electron chi connectivity index (χ2n) is 1.77. The van der Waals surface area contributed by atoms with E-state index in [0.29, 0.717) is 0 Å². The first kappa shape index (κ1) is 16.6. The van der Waals surface area contributed by atoms with Gasteiger partial charge in [0.15, 0.2) is 6.61 Å². The summed E-state index contributed by atoms with van der Waals surface area (Å²) in [4.78, 5) is 8.49. The summed E-state index contributed by atoms with van der Waals surface area (Å²) in [6, 6.07) is 0. The van der Waals surface area contributed by atoms with Gasteiger partial charge in [0.2, 0.25) is 0 Å². The van der Waals surface area contributed by atoms with Gasteiger partial charge < -0.3 is 4.89 Å². The summed E-state index contributed by atoms with van der Waals surface area (Å²) in [6.45, 7) is -0.619. The molecule has 1 N–H and O–H groups in total. The van der Waals surface area contributed by atoms with Gasteiger partial charge in [0.1, 0.15) is 0 Å². The molecule has 0 fully saturated rings. The van der Waals surface area contributed by atoms with Crippen molar-refractivity contribution in [3.8, 4) is 0 Å². The topological polar surface area (TPSA) is 55.8 Å². The number of hydrogen-bond donors (Lipinski definition) is 1. The van der Waals surface area contributed by atoms with Gasteiger partial charge in [-0.15, -0.1) is 0 Å². The van der Waals surface area contributed by atoms with Gasteiger partial charge >= 0.3 is 51.7 Å². The van der Waals surface area contributed by atoms with E-state index in [1.165, 1.54) is 6.92 Å². The van der Waals surface area contributed by atoms with Crippen LogP contribution in [0.25, 0.3) is 0 Å². The van der Waals surface area contributed by atoms with E-state index in [9.17, 15) is 17.7 Å². The van der Waals surface area contributed by atoms with Crippen molar-refractivity contribution in [3.05, 3.63) is 0 Å². The molecule has 4 nitrogen and oxygen atoms in total. The van der Waals surface area contributed by atoms with E-state index in [1.807, 2.05) is 0 Å². The molecule has 1 atom stereocenters. The second kappa shape index (κ2) is 6.61. The predicted molar refractivity (Wildman–Crippen MR) is 42.0 cm³/mol. The molecule has 0 saturated heterocycles. The summed E-state index contributed by atoms with van der Waals surface area (Å²) in [6.07, 6.45) is -4.63. The molecule has 0 aliphatic rings. The van der Waals surface area contributed by atoms with Crippen molar-refractivity contribution in [1.29, 1.82) is 0 Å². The fourth-order valence-corrected chi connectivity index (χ4v) is 1.07. The first-order chi connectivity index (χ1) is 5.27. The third-order valence-electron chi connectivity index (χ3n) is 0.684. The Balaban J connectivity index is 0. The van der Waals surface area contributed by atoms with Crippen LogP contribution in [0.5, 0.6) is 0 Å². The van der Waals surface area contributed by atoms with Crippen LogP contribution in [-0.4, -0.2) is 62.0 Å². The van der Waals surface area contributed by atoms with Gasteiger partial charge in [-0.3, -0.25) is 9.05 Å². The van der Waals surface area contributed by atoms with Crippen molar-refractivity contribution in [1.82, 2.24) is 0 Å². The molecular formula is C4H10CaF3O4P. The first-order valence-electron chi connectivity index (χ1n) is 2.95. The van der Waals surface area contributed by atoms with Crippen LogP contribution in [0.15, 0.2) is 0 Å². The molecule has 0 aliphatic carbocycles. The second-order valence-corrected chi connectivity index (χ2v) is 3.23. The minimum atomic E-state index is -4.63. The molecule has 0 heterocycles. The van der Waals surface area contributed by atoms with Gasteiger partial charge in [0.05, 0.1) is 6.61 Å². The molecule has 0 spiro atoms. The Morgan fingerprint density at radius 3 is 2.15 bits per heavy atom. The van der Waals surface area contributed by atoms with Crippen LogP contribution in [0.4, 0.5) is 13.2 Å². The Morgan fingerprint density at radius 2 is 1.85 bits per heavy atom. The summed E-state index contributed by atoms with van der Waals surface area (Å²) in [5.41, 5.74) is 0. The predicted octanol–water partition coefficient (Wildman–Crippen LogP) is 0.786. The molecule has 1 unspecified atom stereocenters. The molecule has 0 amide bonds.